The first-order chi connectivity index (χ1) is 12.5. The fourth-order valence-electron chi connectivity index (χ4n) is 2.44. The van der Waals surface area contributed by atoms with E-state index in [2.05, 4.69) is 62.8 Å². The summed E-state index contributed by atoms with van der Waals surface area (Å²) in [6, 6.07) is 20.3. The van der Waals surface area contributed by atoms with Gasteiger partial charge in [0.15, 0.2) is 0 Å². The second-order valence-electron chi connectivity index (χ2n) is 6.12. The zero-order valence-corrected chi connectivity index (χ0v) is 17.8. The van der Waals surface area contributed by atoms with Crippen molar-refractivity contribution in [1.82, 2.24) is 0 Å². The number of ether oxygens (including phenoxy) is 1. The van der Waals surface area contributed by atoms with E-state index in [4.69, 9.17) is 4.74 Å². The van der Waals surface area contributed by atoms with Crippen LogP contribution in [0.25, 0.3) is 0 Å². The Bertz CT molecular complexity index is 933. The van der Waals surface area contributed by atoms with Crippen molar-refractivity contribution in [3.8, 4) is 5.75 Å². The van der Waals surface area contributed by atoms with Gasteiger partial charge in [-0.2, -0.15) is 0 Å². The molecule has 3 rings (SSSR count). The van der Waals surface area contributed by atoms with E-state index in [1.54, 1.807) is 0 Å². The van der Waals surface area contributed by atoms with Gasteiger partial charge in [0.2, 0.25) is 0 Å². The third-order valence-electron chi connectivity index (χ3n) is 4.12. The molecule has 0 aromatic heterocycles. The zero-order chi connectivity index (χ0) is 18.5. The second kappa shape index (κ2) is 8.65. The summed E-state index contributed by atoms with van der Waals surface area (Å²) in [7, 11) is 0. The van der Waals surface area contributed by atoms with Gasteiger partial charge < -0.3 is 4.74 Å². The van der Waals surface area contributed by atoms with Crippen LogP contribution in [0, 0.1) is 13.8 Å². The first kappa shape index (κ1) is 18.9. The molecule has 0 radical (unpaired) electrons. The Kier molecular flexibility index (Phi) is 6.28. The van der Waals surface area contributed by atoms with Gasteiger partial charge in [-0.3, -0.25) is 4.99 Å². The monoisotopic (exact) mass is 471 g/mol. The lowest BCUT2D eigenvalue weighted by atomic mass is 10.1. The molecule has 0 aliphatic carbocycles. The summed E-state index contributed by atoms with van der Waals surface area (Å²) in [5.41, 5.74) is 5.50. The first-order valence-electron chi connectivity index (χ1n) is 8.29. The number of aryl methyl sites for hydroxylation is 2. The Balaban J connectivity index is 1.79. The number of rotatable bonds is 5. The van der Waals surface area contributed by atoms with Crippen LogP contribution < -0.4 is 4.74 Å². The summed E-state index contributed by atoms with van der Waals surface area (Å²) in [5.74, 6) is 0.809. The van der Waals surface area contributed by atoms with Crippen LogP contribution in [0.15, 0.2) is 74.6 Å². The number of hydrogen-bond donors (Lipinski definition) is 0. The zero-order valence-electron chi connectivity index (χ0n) is 14.7. The fraction of sp³-hybridized carbons (Fsp3) is 0.136. The van der Waals surface area contributed by atoms with E-state index in [9.17, 15) is 0 Å². The van der Waals surface area contributed by atoms with E-state index in [0.717, 1.165) is 31.5 Å². The van der Waals surface area contributed by atoms with Crippen LogP contribution >= 0.6 is 31.9 Å². The van der Waals surface area contributed by atoms with Gasteiger partial charge in [-0.1, -0.05) is 50.1 Å². The van der Waals surface area contributed by atoms with Crippen LogP contribution in [0.1, 0.15) is 22.3 Å². The SMILES string of the molecule is Cc1ccc(N=Cc2cc(Br)ccc2OCc2ccc(Br)cc2)cc1C. The van der Waals surface area contributed by atoms with Gasteiger partial charge in [0, 0.05) is 20.7 Å². The predicted octanol–water partition coefficient (Wildman–Crippen LogP) is 7.16. The Morgan fingerprint density at radius 1 is 0.846 bits per heavy atom. The minimum Gasteiger partial charge on any atom is -0.488 e. The number of aliphatic imine (C=N–C) groups is 1. The molecule has 0 saturated heterocycles. The molecule has 0 aliphatic rings. The van der Waals surface area contributed by atoms with Crippen molar-refractivity contribution < 1.29 is 4.74 Å². The van der Waals surface area contributed by atoms with Crippen molar-refractivity contribution in [1.29, 1.82) is 0 Å². The smallest absolute Gasteiger partial charge is 0.128 e. The molecule has 4 heteroatoms. The third-order valence-corrected chi connectivity index (χ3v) is 5.14. The number of benzene rings is 3. The molecule has 0 atom stereocenters. The molecule has 0 saturated carbocycles. The Morgan fingerprint density at radius 3 is 2.31 bits per heavy atom. The molecule has 132 valence electrons. The van der Waals surface area contributed by atoms with Crippen molar-refractivity contribution in [2.45, 2.75) is 20.5 Å². The Labute approximate surface area is 171 Å². The number of nitrogens with zero attached hydrogens (tertiary/aromatic N) is 1. The number of hydrogen-bond acceptors (Lipinski definition) is 2. The lowest BCUT2D eigenvalue weighted by Gasteiger charge is -2.10. The van der Waals surface area contributed by atoms with Crippen LogP contribution in [-0.2, 0) is 6.61 Å². The first-order valence-corrected chi connectivity index (χ1v) is 9.88. The summed E-state index contributed by atoms with van der Waals surface area (Å²) in [6.45, 7) is 4.71. The maximum Gasteiger partial charge on any atom is 0.128 e. The highest BCUT2D eigenvalue weighted by atomic mass is 79.9. The van der Waals surface area contributed by atoms with Crippen LogP contribution in [0.2, 0.25) is 0 Å². The molecule has 0 N–H and O–H groups in total. The normalized spacial score (nSPS) is 11.1. The van der Waals surface area contributed by atoms with Gasteiger partial charge in [-0.15, -0.1) is 0 Å². The molecule has 0 bridgehead atoms. The molecule has 3 aromatic carbocycles. The Morgan fingerprint density at radius 2 is 1.58 bits per heavy atom. The predicted molar refractivity (Wildman–Crippen MR) is 116 cm³/mol. The summed E-state index contributed by atoms with van der Waals surface area (Å²) >= 11 is 6.98. The summed E-state index contributed by atoms with van der Waals surface area (Å²) in [5, 5.41) is 0. The van der Waals surface area contributed by atoms with E-state index in [0.29, 0.717) is 6.61 Å². The molecule has 0 heterocycles. The quantitative estimate of drug-likeness (QED) is 0.361. The van der Waals surface area contributed by atoms with Crippen molar-refractivity contribution in [2.24, 2.45) is 4.99 Å². The average molecular weight is 473 g/mol. The van der Waals surface area contributed by atoms with Crippen LogP contribution in [-0.4, -0.2) is 6.21 Å². The summed E-state index contributed by atoms with van der Waals surface area (Å²) in [4.78, 5) is 4.61. The van der Waals surface area contributed by atoms with Gasteiger partial charge in [-0.25, -0.2) is 0 Å². The van der Waals surface area contributed by atoms with Crippen molar-refractivity contribution in [2.75, 3.05) is 0 Å². The lowest BCUT2D eigenvalue weighted by Crippen LogP contribution is -1.98. The van der Waals surface area contributed by atoms with E-state index < -0.39 is 0 Å². The molecule has 3 aromatic rings. The molecular weight excluding hydrogens is 454 g/mol. The van der Waals surface area contributed by atoms with E-state index in [1.165, 1.54) is 11.1 Å². The largest absolute Gasteiger partial charge is 0.488 e. The Hall–Kier alpha value is -1.91. The molecule has 0 fully saturated rings. The summed E-state index contributed by atoms with van der Waals surface area (Å²) < 4.78 is 8.08. The molecular formula is C22H19Br2NO. The van der Waals surface area contributed by atoms with Crippen molar-refractivity contribution in [3.63, 3.8) is 0 Å². The summed E-state index contributed by atoms with van der Waals surface area (Å²) in [6.07, 6.45) is 1.85. The molecule has 0 spiro atoms. The average Bonchev–Trinajstić information content (AvgIpc) is 2.63. The molecule has 0 aliphatic heterocycles. The maximum atomic E-state index is 6.02. The minimum absolute atomic E-state index is 0.513. The topological polar surface area (TPSA) is 21.6 Å². The molecule has 26 heavy (non-hydrogen) atoms. The molecule has 2 nitrogen and oxygen atoms in total. The van der Waals surface area contributed by atoms with Crippen LogP contribution in [0.4, 0.5) is 5.69 Å². The van der Waals surface area contributed by atoms with Gasteiger partial charge in [0.05, 0.1) is 5.69 Å². The van der Waals surface area contributed by atoms with E-state index >= 15 is 0 Å². The number of halogens is 2. The molecule has 0 amide bonds. The highest BCUT2D eigenvalue weighted by molar-refractivity contribution is 9.10. The van der Waals surface area contributed by atoms with Crippen molar-refractivity contribution in [3.05, 3.63) is 91.9 Å². The van der Waals surface area contributed by atoms with Crippen LogP contribution in [0.3, 0.4) is 0 Å². The van der Waals surface area contributed by atoms with Gasteiger partial charge >= 0.3 is 0 Å². The fourth-order valence-corrected chi connectivity index (χ4v) is 3.09. The van der Waals surface area contributed by atoms with E-state index in [1.807, 2.05) is 54.7 Å². The third kappa shape index (κ3) is 5.05. The highest BCUT2D eigenvalue weighted by Crippen LogP contribution is 2.24. The lowest BCUT2D eigenvalue weighted by molar-refractivity contribution is 0.306. The standard InChI is InChI=1S/C22H19Br2NO/c1-15-3-9-21(11-16(15)2)25-13-18-12-20(24)8-10-22(18)26-14-17-4-6-19(23)7-5-17/h3-13H,14H2,1-2H3. The molecule has 0 unspecified atom stereocenters. The van der Waals surface area contributed by atoms with Gasteiger partial charge in [-0.05, 0) is 73.0 Å². The van der Waals surface area contributed by atoms with Gasteiger partial charge in [0.25, 0.3) is 0 Å². The second-order valence-corrected chi connectivity index (χ2v) is 7.96. The minimum atomic E-state index is 0.513. The highest BCUT2D eigenvalue weighted by Gasteiger charge is 2.04. The van der Waals surface area contributed by atoms with Gasteiger partial charge in [0.1, 0.15) is 12.4 Å². The van der Waals surface area contributed by atoms with Crippen molar-refractivity contribution >= 4 is 43.8 Å². The maximum absolute atomic E-state index is 6.02. The van der Waals surface area contributed by atoms with Crippen LogP contribution in [0.5, 0.6) is 5.75 Å². The van der Waals surface area contributed by atoms with E-state index in [-0.39, 0.29) is 0 Å².